The van der Waals surface area contributed by atoms with Crippen molar-refractivity contribution < 1.29 is 13.9 Å². The molecule has 0 atom stereocenters. The molecule has 120 valence electrons. The van der Waals surface area contributed by atoms with Gasteiger partial charge in [-0.25, -0.2) is 0 Å². The maximum atomic E-state index is 12.4. The van der Waals surface area contributed by atoms with Crippen LogP contribution in [0.25, 0.3) is 0 Å². The predicted molar refractivity (Wildman–Crippen MR) is 83.8 cm³/mol. The van der Waals surface area contributed by atoms with Crippen molar-refractivity contribution in [2.24, 2.45) is 5.92 Å². The molecule has 1 fully saturated rings. The molecule has 2 aliphatic rings. The molecular weight excluding hydrogens is 292 g/mol. The van der Waals surface area contributed by atoms with Gasteiger partial charge in [0.05, 0.1) is 18.4 Å². The van der Waals surface area contributed by atoms with Gasteiger partial charge >= 0.3 is 0 Å². The lowest BCUT2D eigenvalue weighted by Gasteiger charge is -2.29. The van der Waals surface area contributed by atoms with Crippen LogP contribution in [0.4, 0.5) is 0 Å². The average molecular weight is 312 g/mol. The molecule has 2 aromatic rings. The lowest BCUT2D eigenvalue weighted by atomic mass is 9.97. The van der Waals surface area contributed by atoms with Gasteiger partial charge in [-0.15, -0.1) is 0 Å². The Hall–Kier alpha value is -2.14. The second-order valence-electron chi connectivity index (χ2n) is 6.38. The number of pyridine rings is 1. The molecule has 0 N–H and O–H groups in total. The van der Waals surface area contributed by atoms with Gasteiger partial charge in [-0.05, 0) is 47.9 Å². The second kappa shape index (κ2) is 6.16. The number of furan rings is 1. The fourth-order valence-electron chi connectivity index (χ4n) is 3.05. The molecule has 3 heterocycles. The molecule has 1 amide bonds. The summed E-state index contributed by atoms with van der Waals surface area (Å²) in [7, 11) is 0. The standard InChI is InChI=1S/C18H20N2O3/c21-18(14-4-6-22-11-14)20-5-3-17-15(9-20)7-19-8-16(17)12-23-10-13-1-2-13/h4,6-8,11,13H,1-3,5,9-10,12H2. The number of nitrogens with zero attached hydrogens (tertiary/aromatic N) is 2. The largest absolute Gasteiger partial charge is 0.472 e. The van der Waals surface area contributed by atoms with E-state index in [0.717, 1.165) is 31.1 Å². The number of amides is 1. The van der Waals surface area contributed by atoms with E-state index in [1.165, 1.54) is 36.5 Å². The number of hydrogen-bond donors (Lipinski definition) is 0. The van der Waals surface area contributed by atoms with Crippen molar-refractivity contribution in [3.05, 3.63) is 53.2 Å². The molecule has 0 saturated heterocycles. The van der Waals surface area contributed by atoms with Crippen molar-refractivity contribution in [2.75, 3.05) is 13.2 Å². The summed E-state index contributed by atoms with van der Waals surface area (Å²) in [6.07, 6.45) is 10.3. The second-order valence-corrected chi connectivity index (χ2v) is 6.38. The van der Waals surface area contributed by atoms with E-state index in [9.17, 15) is 4.79 Å². The minimum absolute atomic E-state index is 0.0137. The summed E-state index contributed by atoms with van der Waals surface area (Å²) >= 11 is 0. The summed E-state index contributed by atoms with van der Waals surface area (Å²) in [5.74, 6) is 0.783. The Labute approximate surface area is 135 Å². The molecule has 0 radical (unpaired) electrons. The van der Waals surface area contributed by atoms with Gasteiger partial charge in [0.1, 0.15) is 6.26 Å². The maximum Gasteiger partial charge on any atom is 0.257 e. The third-order valence-electron chi connectivity index (χ3n) is 4.59. The molecule has 2 aromatic heterocycles. The zero-order chi connectivity index (χ0) is 15.6. The zero-order valence-electron chi connectivity index (χ0n) is 13.0. The van der Waals surface area contributed by atoms with Crippen molar-refractivity contribution in [1.29, 1.82) is 0 Å². The number of fused-ring (bicyclic) bond motifs is 1. The highest BCUT2D eigenvalue weighted by molar-refractivity contribution is 5.93. The van der Waals surface area contributed by atoms with Gasteiger partial charge in [0.2, 0.25) is 0 Å². The van der Waals surface area contributed by atoms with Gasteiger partial charge in [0.25, 0.3) is 5.91 Å². The zero-order valence-corrected chi connectivity index (χ0v) is 13.0. The number of carbonyl (C=O) groups excluding carboxylic acids is 1. The van der Waals surface area contributed by atoms with Crippen LogP contribution in [0.15, 0.2) is 35.4 Å². The molecule has 1 aliphatic carbocycles. The Morgan fingerprint density at radius 2 is 2.30 bits per heavy atom. The van der Waals surface area contributed by atoms with Crippen LogP contribution in [0.1, 0.15) is 39.9 Å². The lowest BCUT2D eigenvalue weighted by molar-refractivity contribution is 0.0731. The molecule has 5 heteroatoms. The quantitative estimate of drug-likeness (QED) is 0.852. The van der Waals surface area contributed by atoms with Crippen LogP contribution in [-0.4, -0.2) is 28.9 Å². The number of hydrogen-bond acceptors (Lipinski definition) is 4. The number of aromatic nitrogens is 1. The lowest BCUT2D eigenvalue weighted by Crippen LogP contribution is -2.36. The van der Waals surface area contributed by atoms with Crippen LogP contribution in [0.3, 0.4) is 0 Å². The first-order valence-corrected chi connectivity index (χ1v) is 8.15. The highest BCUT2D eigenvalue weighted by Crippen LogP contribution is 2.29. The first kappa shape index (κ1) is 14.5. The molecule has 23 heavy (non-hydrogen) atoms. The first-order valence-electron chi connectivity index (χ1n) is 8.15. The molecule has 5 nitrogen and oxygen atoms in total. The Balaban J connectivity index is 1.45. The van der Waals surface area contributed by atoms with Crippen LogP contribution in [0.5, 0.6) is 0 Å². The molecule has 0 spiro atoms. The van der Waals surface area contributed by atoms with Crippen LogP contribution >= 0.6 is 0 Å². The van der Waals surface area contributed by atoms with Crippen LogP contribution in [0.2, 0.25) is 0 Å². The fourth-order valence-corrected chi connectivity index (χ4v) is 3.05. The third-order valence-corrected chi connectivity index (χ3v) is 4.59. The van der Waals surface area contributed by atoms with Gasteiger partial charge in [-0.1, -0.05) is 0 Å². The maximum absolute atomic E-state index is 12.4. The molecule has 0 aromatic carbocycles. The summed E-state index contributed by atoms with van der Waals surface area (Å²) < 4.78 is 10.8. The average Bonchev–Trinajstić information content (AvgIpc) is 3.24. The van der Waals surface area contributed by atoms with Crippen LogP contribution < -0.4 is 0 Å². The van der Waals surface area contributed by atoms with Crippen LogP contribution in [-0.2, 0) is 24.3 Å². The van der Waals surface area contributed by atoms with Crippen molar-refractivity contribution in [1.82, 2.24) is 9.88 Å². The van der Waals surface area contributed by atoms with Crippen molar-refractivity contribution in [3.63, 3.8) is 0 Å². The smallest absolute Gasteiger partial charge is 0.257 e. The first-order chi connectivity index (χ1) is 11.3. The Bertz CT molecular complexity index is 692. The van der Waals surface area contributed by atoms with E-state index in [-0.39, 0.29) is 5.91 Å². The Morgan fingerprint density at radius 3 is 3.09 bits per heavy atom. The normalized spacial score (nSPS) is 17.1. The Kier molecular flexibility index (Phi) is 3.87. The number of rotatable bonds is 5. The minimum Gasteiger partial charge on any atom is -0.472 e. The molecule has 0 unspecified atom stereocenters. The third kappa shape index (κ3) is 3.15. The Morgan fingerprint density at radius 1 is 1.39 bits per heavy atom. The summed E-state index contributed by atoms with van der Waals surface area (Å²) in [5.41, 5.74) is 4.19. The van der Waals surface area contributed by atoms with Crippen molar-refractivity contribution in [2.45, 2.75) is 32.4 Å². The molecule has 1 saturated carbocycles. The van der Waals surface area contributed by atoms with E-state index in [2.05, 4.69) is 4.98 Å². The van der Waals surface area contributed by atoms with Gasteiger partial charge in [0, 0.05) is 32.1 Å². The van der Waals surface area contributed by atoms with Gasteiger partial charge < -0.3 is 14.1 Å². The van der Waals surface area contributed by atoms with Crippen molar-refractivity contribution >= 4 is 5.91 Å². The van der Waals surface area contributed by atoms with E-state index in [1.807, 2.05) is 17.3 Å². The highest BCUT2D eigenvalue weighted by Gasteiger charge is 2.25. The summed E-state index contributed by atoms with van der Waals surface area (Å²) in [6.45, 7) is 2.80. The minimum atomic E-state index is 0.0137. The van der Waals surface area contributed by atoms with Gasteiger partial charge in [-0.2, -0.15) is 0 Å². The van der Waals surface area contributed by atoms with E-state index in [0.29, 0.717) is 18.7 Å². The molecule has 4 rings (SSSR count). The van der Waals surface area contributed by atoms with Gasteiger partial charge in [-0.3, -0.25) is 9.78 Å². The summed E-state index contributed by atoms with van der Waals surface area (Å²) in [4.78, 5) is 18.6. The fraction of sp³-hybridized carbons (Fsp3) is 0.444. The van der Waals surface area contributed by atoms with Crippen molar-refractivity contribution in [3.8, 4) is 0 Å². The topological polar surface area (TPSA) is 55.6 Å². The van der Waals surface area contributed by atoms with E-state index < -0.39 is 0 Å². The molecule has 0 bridgehead atoms. The monoisotopic (exact) mass is 312 g/mol. The van der Waals surface area contributed by atoms with Gasteiger partial charge in [0.15, 0.2) is 0 Å². The molecule has 1 aliphatic heterocycles. The summed E-state index contributed by atoms with van der Waals surface area (Å²) in [5, 5.41) is 0. The van der Waals surface area contributed by atoms with E-state index in [1.54, 1.807) is 6.07 Å². The summed E-state index contributed by atoms with van der Waals surface area (Å²) in [6, 6.07) is 1.71. The van der Waals surface area contributed by atoms with Crippen LogP contribution in [0, 0.1) is 5.92 Å². The van der Waals surface area contributed by atoms with E-state index >= 15 is 0 Å². The molecular formula is C18H20N2O3. The predicted octanol–water partition coefficient (Wildman–Crippen LogP) is 2.80. The highest BCUT2D eigenvalue weighted by atomic mass is 16.5. The van der Waals surface area contributed by atoms with E-state index in [4.69, 9.17) is 9.15 Å². The number of ether oxygens (including phenoxy) is 1. The number of carbonyl (C=O) groups is 1. The SMILES string of the molecule is O=C(c1ccoc1)N1CCc2c(COCC3CC3)cncc2C1.